The number of carbonyl (C=O) groups is 1. The average molecular weight is 258 g/mol. The van der Waals surface area contributed by atoms with Gasteiger partial charge in [-0.15, -0.1) is 0 Å². The number of allylic oxidation sites excluding steroid dienone is 1. The molecule has 0 heterocycles. The molecule has 1 aromatic rings. The summed E-state index contributed by atoms with van der Waals surface area (Å²) < 4.78 is 0. The molecule has 0 bridgehead atoms. The second kappa shape index (κ2) is 5.60. The summed E-state index contributed by atoms with van der Waals surface area (Å²) >= 11 is 0. The number of aromatic hydroxyl groups is 1. The van der Waals surface area contributed by atoms with Crippen molar-refractivity contribution in [2.75, 3.05) is 0 Å². The lowest BCUT2D eigenvalue weighted by atomic mass is 9.73. The third-order valence-electron chi connectivity index (χ3n) is 4.08. The summed E-state index contributed by atoms with van der Waals surface area (Å²) in [5, 5.41) is 9.29. The number of carbonyl (C=O) groups excluding carboxylic acids is 1. The zero-order valence-electron chi connectivity index (χ0n) is 11.9. The summed E-state index contributed by atoms with van der Waals surface area (Å²) in [6.45, 7) is 6.37. The lowest BCUT2D eigenvalue weighted by molar-refractivity contribution is -0.122. The van der Waals surface area contributed by atoms with E-state index in [9.17, 15) is 9.90 Å². The van der Waals surface area contributed by atoms with E-state index in [1.54, 1.807) is 12.1 Å². The van der Waals surface area contributed by atoms with Crippen LogP contribution in [0.5, 0.6) is 5.75 Å². The minimum absolute atomic E-state index is 0.166. The molecular weight excluding hydrogens is 236 g/mol. The number of Topliss-reactive ketones (excluding diaryl/α,β-unsaturated/α-hetero) is 1. The van der Waals surface area contributed by atoms with Gasteiger partial charge < -0.3 is 5.11 Å². The van der Waals surface area contributed by atoms with Crippen molar-refractivity contribution >= 4 is 11.9 Å². The van der Waals surface area contributed by atoms with Crippen LogP contribution in [0.1, 0.15) is 39.2 Å². The van der Waals surface area contributed by atoms with Crippen molar-refractivity contribution in [3.8, 4) is 5.75 Å². The predicted octanol–water partition coefficient (Wildman–Crippen LogP) is 4.05. The van der Waals surface area contributed by atoms with Crippen molar-refractivity contribution in [2.45, 2.75) is 33.6 Å². The van der Waals surface area contributed by atoms with Crippen molar-refractivity contribution in [3.05, 3.63) is 35.4 Å². The monoisotopic (exact) mass is 258 g/mol. The van der Waals surface area contributed by atoms with Crippen LogP contribution in [0.3, 0.4) is 0 Å². The van der Waals surface area contributed by atoms with Gasteiger partial charge in [0.1, 0.15) is 5.75 Å². The minimum Gasteiger partial charge on any atom is -0.508 e. The maximum absolute atomic E-state index is 12.5. The smallest absolute Gasteiger partial charge is 0.162 e. The van der Waals surface area contributed by atoms with Gasteiger partial charge in [0.05, 0.1) is 0 Å². The zero-order chi connectivity index (χ0) is 14.0. The molecule has 0 aliphatic heterocycles. The molecule has 19 heavy (non-hydrogen) atoms. The van der Waals surface area contributed by atoms with Gasteiger partial charge in [-0.05, 0) is 54.0 Å². The Balaban J connectivity index is 2.29. The number of rotatable bonds is 2. The number of phenolic OH excluding ortho intramolecular Hbond substituents is 1. The molecule has 2 heteroatoms. The van der Waals surface area contributed by atoms with Gasteiger partial charge in [-0.25, -0.2) is 0 Å². The number of hydrogen-bond donors (Lipinski definition) is 1. The molecule has 1 aliphatic carbocycles. The van der Waals surface area contributed by atoms with E-state index in [0.717, 1.165) is 24.0 Å². The Labute approximate surface area is 115 Å². The van der Waals surface area contributed by atoms with Crippen molar-refractivity contribution in [3.63, 3.8) is 0 Å². The molecular formula is C17H22O2. The molecule has 2 nitrogen and oxygen atoms in total. The summed E-state index contributed by atoms with van der Waals surface area (Å²) in [5.74, 6) is 1.46. The van der Waals surface area contributed by atoms with Crippen LogP contribution in [0.2, 0.25) is 0 Å². The standard InChI is InChI=1S/C17H22O2/c1-11(2)15-9-4-12(3)16(17(15)19)10-13-5-7-14(18)8-6-13/h5-8,10-12,15,18H,4,9H2,1-3H3/t12-,15-/m1/s1. The van der Waals surface area contributed by atoms with Crippen molar-refractivity contribution in [1.82, 2.24) is 0 Å². The summed E-state index contributed by atoms with van der Waals surface area (Å²) in [7, 11) is 0. The largest absolute Gasteiger partial charge is 0.508 e. The lowest BCUT2D eigenvalue weighted by Gasteiger charge is -2.30. The van der Waals surface area contributed by atoms with Gasteiger partial charge in [0, 0.05) is 5.92 Å². The van der Waals surface area contributed by atoms with Crippen LogP contribution in [0.15, 0.2) is 29.8 Å². The highest BCUT2D eigenvalue weighted by molar-refractivity contribution is 6.02. The fourth-order valence-electron chi connectivity index (χ4n) is 2.77. The molecule has 1 fully saturated rings. The molecule has 102 valence electrons. The molecule has 0 radical (unpaired) electrons. The van der Waals surface area contributed by atoms with Crippen LogP contribution < -0.4 is 0 Å². The molecule has 0 aromatic heterocycles. The van der Waals surface area contributed by atoms with E-state index in [1.807, 2.05) is 18.2 Å². The SMILES string of the molecule is CC(C)[C@H]1CC[C@@H](C)C(=Cc2ccc(O)cc2)C1=O. The minimum atomic E-state index is 0.166. The van der Waals surface area contributed by atoms with Crippen molar-refractivity contribution in [1.29, 1.82) is 0 Å². The fraction of sp³-hybridized carbons (Fsp3) is 0.471. The Bertz CT molecular complexity index is 482. The number of phenols is 1. The summed E-state index contributed by atoms with van der Waals surface area (Å²) in [5.41, 5.74) is 1.92. The molecule has 1 saturated carbocycles. The van der Waals surface area contributed by atoms with Crippen molar-refractivity contribution in [2.24, 2.45) is 17.8 Å². The van der Waals surface area contributed by atoms with E-state index < -0.39 is 0 Å². The van der Waals surface area contributed by atoms with Crippen molar-refractivity contribution < 1.29 is 9.90 Å². The zero-order valence-corrected chi connectivity index (χ0v) is 11.9. The highest BCUT2D eigenvalue weighted by Crippen LogP contribution is 2.35. The normalized spacial score (nSPS) is 26.1. The summed E-state index contributed by atoms with van der Waals surface area (Å²) in [4.78, 5) is 12.5. The van der Waals surface area contributed by atoms with Crippen LogP contribution in [-0.2, 0) is 4.79 Å². The molecule has 1 aliphatic rings. The molecule has 2 rings (SSSR count). The van der Waals surface area contributed by atoms with Gasteiger partial charge in [0.25, 0.3) is 0 Å². The molecule has 0 saturated heterocycles. The van der Waals surface area contributed by atoms with E-state index in [2.05, 4.69) is 20.8 Å². The van der Waals surface area contributed by atoms with Gasteiger partial charge in [0.2, 0.25) is 0 Å². The third kappa shape index (κ3) is 3.06. The Morgan fingerprint density at radius 1 is 1.21 bits per heavy atom. The fourth-order valence-corrected chi connectivity index (χ4v) is 2.77. The number of hydrogen-bond acceptors (Lipinski definition) is 2. The van der Waals surface area contributed by atoms with Crippen LogP contribution in [-0.4, -0.2) is 10.9 Å². The number of ketones is 1. The predicted molar refractivity (Wildman–Crippen MR) is 77.8 cm³/mol. The van der Waals surface area contributed by atoms with Crippen LogP contribution in [0.4, 0.5) is 0 Å². The van der Waals surface area contributed by atoms with E-state index in [1.165, 1.54) is 0 Å². The summed E-state index contributed by atoms with van der Waals surface area (Å²) in [6.07, 6.45) is 4.07. The number of benzene rings is 1. The second-order valence-corrected chi connectivity index (χ2v) is 5.88. The van der Waals surface area contributed by atoms with Gasteiger partial charge in [-0.2, -0.15) is 0 Å². The second-order valence-electron chi connectivity index (χ2n) is 5.88. The van der Waals surface area contributed by atoms with E-state index in [-0.39, 0.29) is 11.7 Å². The third-order valence-corrected chi connectivity index (χ3v) is 4.08. The highest BCUT2D eigenvalue weighted by Gasteiger charge is 2.32. The first kappa shape index (κ1) is 13.9. The first-order valence-electron chi connectivity index (χ1n) is 7.04. The van der Waals surface area contributed by atoms with E-state index in [4.69, 9.17) is 0 Å². The topological polar surface area (TPSA) is 37.3 Å². The molecule has 2 atom stereocenters. The maximum Gasteiger partial charge on any atom is 0.162 e. The molecule has 1 N–H and O–H groups in total. The van der Waals surface area contributed by atoms with Crippen LogP contribution in [0, 0.1) is 17.8 Å². The maximum atomic E-state index is 12.5. The van der Waals surface area contributed by atoms with Gasteiger partial charge in [-0.1, -0.05) is 32.9 Å². The van der Waals surface area contributed by atoms with E-state index in [0.29, 0.717) is 17.6 Å². The van der Waals surface area contributed by atoms with Crippen LogP contribution >= 0.6 is 0 Å². The molecule has 1 aromatic carbocycles. The Morgan fingerprint density at radius 3 is 2.42 bits per heavy atom. The first-order chi connectivity index (χ1) is 8.99. The molecule has 0 unspecified atom stereocenters. The van der Waals surface area contributed by atoms with Gasteiger partial charge >= 0.3 is 0 Å². The quantitative estimate of drug-likeness (QED) is 0.813. The summed E-state index contributed by atoms with van der Waals surface area (Å²) in [6, 6.07) is 7.01. The molecule has 0 amide bonds. The Kier molecular flexibility index (Phi) is 4.08. The lowest BCUT2D eigenvalue weighted by Crippen LogP contribution is -2.30. The average Bonchev–Trinajstić information content (AvgIpc) is 2.36. The Morgan fingerprint density at radius 2 is 1.84 bits per heavy atom. The van der Waals surface area contributed by atoms with E-state index >= 15 is 0 Å². The van der Waals surface area contributed by atoms with Gasteiger partial charge in [0.15, 0.2) is 5.78 Å². The first-order valence-corrected chi connectivity index (χ1v) is 7.04. The Hall–Kier alpha value is -1.57. The van der Waals surface area contributed by atoms with Gasteiger partial charge in [-0.3, -0.25) is 4.79 Å². The highest BCUT2D eigenvalue weighted by atomic mass is 16.3. The molecule has 0 spiro atoms. The van der Waals surface area contributed by atoms with Crippen LogP contribution in [0.25, 0.3) is 6.08 Å².